The van der Waals surface area contributed by atoms with Crippen molar-refractivity contribution >= 4 is 55.7 Å². The molecule has 0 atom stereocenters. The van der Waals surface area contributed by atoms with Gasteiger partial charge in [0.25, 0.3) is 5.56 Å². The molecule has 3 aromatic carbocycles. The summed E-state index contributed by atoms with van der Waals surface area (Å²) in [6, 6.07) is 19.0. The molecule has 11 nitrogen and oxygen atoms in total. The van der Waals surface area contributed by atoms with Crippen LogP contribution < -0.4 is 5.56 Å². The number of para-hydroxylation sites is 1. The van der Waals surface area contributed by atoms with Crippen molar-refractivity contribution in [1.82, 2.24) is 38.8 Å². The number of piperazine rings is 1. The second-order valence-electron chi connectivity index (χ2n) is 13.5. The molecule has 8 rings (SSSR count). The number of aryl methyl sites for hydroxylation is 3. The molecule has 0 spiro atoms. The van der Waals surface area contributed by atoms with Gasteiger partial charge in [-0.1, -0.05) is 18.2 Å². The minimum Gasteiger partial charge on any atom is -0.343 e. The van der Waals surface area contributed by atoms with Gasteiger partial charge < -0.3 is 28.8 Å². The molecule has 11 heteroatoms. The Hall–Kier alpha value is -5.03. The van der Waals surface area contributed by atoms with Gasteiger partial charge >= 0.3 is 0 Å². The predicted octanol–water partition coefficient (Wildman–Crippen LogP) is 4.79. The van der Waals surface area contributed by atoms with Gasteiger partial charge in [-0.05, 0) is 63.2 Å². The number of nitrogens with zero attached hydrogens (tertiary/aromatic N) is 7. The van der Waals surface area contributed by atoms with Crippen molar-refractivity contribution in [3.63, 3.8) is 0 Å². The van der Waals surface area contributed by atoms with E-state index in [0.717, 1.165) is 61.4 Å². The van der Waals surface area contributed by atoms with Gasteiger partial charge in [-0.25, -0.2) is 9.97 Å². The largest absolute Gasteiger partial charge is 0.343 e. The van der Waals surface area contributed by atoms with Crippen LogP contribution in [0.3, 0.4) is 0 Å². The van der Waals surface area contributed by atoms with Crippen molar-refractivity contribution < 1.29 is 9.59 Å². The number of hydrogen-bond donors (Lipinski definition) is 1. The number of rotatable bonds is 9. The van der Waals surface area contributed by atoms with Crippen LogP contribution in [-0.2, 0) is 29.1 Å². The Balaban J connectivity index is 1.17. The van der Waals surface area contributed by atoms with Crippen LogP contribution in [0.15, 0.2) is 59.4 Å². The lowest BCUT2D eigenvalue weighted by Crippen LogP contribution is -2.47. The number of likely N-dealkylation sites (N-methyl/N-ethyl adjacent to an activating group) is 1. The van der Waals surface area contributed by atoms with Crippen molar-refractivity contribution in [2.45, 2.75) is 52.1 Å². The van der Waals surface area contributed by atoms with Gasteiger partial charge in [0.15, 0.2) is 0 Å². The van der Waals surface area contributed by atoms with E-state index < -0.39 is 0 Å². The van der Waals surface area contributed by atoms with Crippen LogP contribution >= 0.6 is 0 Å². The molecular formula is C38H42N8O3. The third-order valence-corrected chi connectivity index (χ3v) is 10.4. The molecule has 1 N–H and O–H groups in total. The molecule has 0 radical (unpaired) electrons. The van der Waals surface area contributed by atoms with Crippen LogP contribution in [0.1, 0.15) is 38.3 Å². The lowest BCUT2D eigenvalue weighted by molar-refractivity contribution is -0.132. The Morgan fingerprint density at radius 1 is 0.837 bits per heavy atom. The van der Waals surface area contributed by atoms with Crippen molar-refractivity contribution in [3.8, 4) is 11.4 Å². The lowest BCUT2D eigenvalue weighted by Gasteiger charge is -2.32. The normalized spacial score (nSPS) is 15.9. The molecule has 2 fully saturated rings. The molecule has 0 aliphatic carbocycles. The van der Waals surface area contributed by atoms with Gasteiger partial charge in [-0.2, -0.15) is 0 Å². The summed E-state index contributed by atoms with van der Waals surface area (Å²) in [5, 5.41) is 2.39. The molecule has 252 valence electrons. The quantitative estimate of drug-likeness (QED) is 0.239. The van der Waals surface area contributed by atoms with Crippen molar-refractivity contribution in [1.29, 1.82) is 0 Å². The molecule has 49 heavy (non-hydrogen) atoms. The molecule has 0 saturated carbocycles. The minimum atomic E-state index is -0.272. The van der Waals surface area contributed by atoms with Crippen molar-refractivity contribution in [2.75, 3.05) is 46.3 Å². The lowest BCUT2D eigenvalue weighted by atomic mass is 10.1. The van der Waals surface area contributed by atoms with Crippen LogP contribution in [0.2, 0.25) is 0 Å². The molecular weight excluding hydrogens is 616 g/mol. The van der Waals surface area contributed by atoms with Gasteiger partial charge in [-0.15, -0.1) is 0 Å². The highest BCUT2D eigenvalue weighted by Crippen LogP contribution is 2.34. The summed E-state index contributed by atoms with van der Waals surface area (Å²) in [5.41, 5.74) is 6.48. The minimum absolute atomic E-state index is 0.0584. The Labute approximate surface area is 284 Å². The fourth-order valence-electron chi connectivity index (χ4n) is 7.69. The first kappa shape index (κ1) is 31.3. The van der Waals surface area contributed by atoms with E-state index in [0.29, 0.717) is 49.3 Å². The number of imidazole rings is 1. The summed E-state index contributed by atoms with van der Waals surface area (Å²) in [6.45, 7) is 8.37. The number of nitrogens with one attached hydrogen (secondary N) is 1. The Morgan fingerprint density at radius 2 is 1.65 bits per heavy atom. The molecule has 3 aromatic heterocycles. The number of carbonyl (C=O) groups is 2. The van der Waals surface area contributed by atoms with Gasteiger partial charge in [0, 0.05) is 99.0 Å². The second kappa shape index (κ2) is 12.8. The third kappa shape index (κ3) is 5.75. The number of benzene rings is 3. The summed E-state index contributed by atoms with van der Waals surface area (Å²) in [7, 11) is 2.06. The van der Waals surface area contributed by atoms with Crippen LogP contribution in [-0.4, -0.2) is 96.9 Å². The van der Waals surface area contributed by atoms with Crippen LogP contribution in [0.25, 0.3) is 55.3 Å². The molecule has 5 heterocycles. The third-order valence-electron chi connectivity index (χ3n) is 10.4. The maximum atomic E-state index is 13.1. The zero-order valence-corrected chi connectivity index (χ0v) is 28.2. The molecule has 6 aromatic rings. The highest BCUT2D eigenvalue weighted by Gasteiger charge is 2.22. The zero-order chi connectivity index (χ0) is 33.6. The first-order valence-corrected chi connectivity index (χ1v) is 17.6. The fraction of sp³-hybridized carbons (Fsp3) is 0.395. The fourth-order valence-corrected chi connectivity index (χ4v) is 7.69. The number of amides is 2. The van der Waals surface area contributed by atoms with E-state index in [4.69, 9.17) is 9.97 Å². The molecule has 2 aliphatic heterocycles. The van der Waals surface area contributed by atoms with E-state index in [9.17, 15) is 14.4 Å². The highest BCUT2D eigenvalue weighted by molar-refractivity contribution is 6.09. The van der Waals surface area contributed by atoms with Crippen LogP contribution in [0.5, 0.6) is 0 Å². The van der Waals surface area contributed by atoms with Crippen molar-refractivity contribution in [3.05, 3.63) is 70.6 Å². The molecule has 2 saturated heterocycles. The topological polar surface area (TPSA) is 112 Å². The molecule has 0 unspecified atom stereocenters. The Morgan fingerprint density at radius 3 is 2.45 bits per heavy atom. The van der Waals surface area contributed by atoms with Gasteiger partial charge in [0.2, 0.25) is 11.8 Å². The summed E-state index contributed by atoms with van der Waals surface area (Å²) in [6.07, 6.45) is 2.88. The molecule has 0 bridgehead atoms. The number of likely N-dealkylation sites (tertiary alicyclic amines) is 1. The number of carbonyl (C=O) groups excluding carboxylic acids is 2. The van der Waals surface area contributed by atoms with E-state index in [2.05, 4.69) is 75.5 Å². The standard InChI is InChI=1S/C38H42N8O3/c1-3-45-32-9-5-4-8-26(32)27-22-25(11-13-33(27)45)37-40-31-23-29-30(24-34(31)46(37)17-7-16-43-15-6-10-35(43)47)39-28(38(49)41-29)12-14-36(48)44-20-18-42(2)19-21-44/h4-5,8-9,11,13,22-24H,3,6-7,10,12,14-21H2,1-2H3,(H,41,49). The summed E-state index contributed by atoms with van der Waals surface area (Å²) >= 11 is 0. The number of fused-ring (bicyclic) bond motifs is 5. The monoisotopic (exact) mass is 658 g/mol. The first-order valence-electron chi connectivity index (χ1n) is 17.6. The van der Waals surface area contributed by atoms with Crippen LogP contribution in [0, 0.1) is 0 Å². The predicted molar refractivity (Wildman–Crippen MR) is 193 cm³/mol. The van der Waals surface area contributed by atoms with Gasteiger partial charge in [0.1, 0.15) is 11.5 Å². The first-order chi connectivity index (χ1) is 23.9. The van der Waals surface area contributed by atoms with Gasteiger partial charge in [-0.3, -0.25) is 14.4 Å². The summed E-state index contributed by atoms with van der Waals surface area (Å²) in [4.78, 5) is 57.5. The van der Waals surface area contributed by atoms with Crippen molar-refractivity contribution in [2.24, 2.45) is 0 Å². The molecule has 2 amide bonds. The Kier molecular flexibility index (Phi) is 8.15. The number of hydrogen-bond acceptors (Lipinski definition) is 6. The van der Waals surface area contributed by atoms with E-state index in [1.165, 1.54) is 21.8 Å². The Bertz CT molecular complexity index is 2290. The molecule has 2 aliphatic rings. The zero-order valence-electron chi connectivity index (χ0n) is 28.2. The maximum Gasteiger partial charge on any atom is 0.270 e. The summed E-state index contributed by atoms with van der Waals surface area (Å²) < 4.78 is 4.58. The van der Waals surface area contributed by atoms with E-state index in [1.807, 2.05) is 21.9 Å². The van der Waals surface area contributed by atoms with Gasteiger partial charge in [0.05, 0.1) is 22.1 Å². The second-order valence-corrected chi connectivity index (χ2v) is 13.5. The highest BCUT2D eigenvalue weighted by atomic mass is 16.2. The number of aromatic amines is 1. The summed E-state index contributed by atoms with van der Waals surface area (Å²) in [5.74, 6) is 1.13. The van der Waals surface area contributed by atoms with Crippen LogP contribution in [0.4, 0.5) is 0 Å². The SMILES string of the molecule is CCn1c2ccccc2c2cc(-c3nc4cc5[nH]c(=O)c(CCC(=O)N6CCN(C)CC6)nc5cc4n3CCCN3CCCC3=O)ccc21. The van der Waals surface area contributed by atoms with E-state index in [1.54, 1.807) is 0 Å². The maximum absolute atomic E-state index is 13.1. The van der Waals surface area contributed by atoms with E-state index >= 15 is 0 Å². The number of H-pyrrole nitrogens is 1. The average Bonchev–Trinajstić information content (AvgIpc) is 3.79. The number of aromatic nitrogens is 5. The average molecular weight is 659 g/mol. The smallest absolute Gasteiger partial charge is 0.270 e. The van der Waals surface area contributed by atoms with E-state index in [-0.39, 0.29) is 30.2 Å².